The molecule has 1 saturated heterocycles. The first-order chi connectivity index (χ1) is 12.1. The fraction of sp³-hybridized carbons (Fsp3) is 0.438. The van der Waals surface area contributed by atoms with E-state index in [1.54, 1.807) is 23.0 Å². The zero-order valence-electron chi connectivity index (χ0n) is 14.5. The molecule has 0 radical (unpaired) electrons. The van der Waals surface area contributed by atoms with Gasteiger partial charge in [0.1, 0.15) is 11.5 Å². The minimum atomic E-state index is -0.372. The van der Waals surface area contributed by atoms with Crippen molar-refractivity contribution in [2.75, 3.05) is 32.6 Å². The number of carbonyl (C=O) groups excluding carboxylic acids is 1. The van der Waals surface area contributed by atoms with Crippen LogP contribution in [-0.4, -0.2) is 48.2 Å². The Morgan fingerprint density at radius 1 is 1.27 bits per heavy atom. The molecule has 8 nitrogen and oxygen atoms in total. The number of halogens is 2. The smallest absolute Gasteiger partial charge is 0.277 e. The number of piperidine rings is 1. The second-order valence-corrected chi connectivity index (χ2v) is 6.11. The number of carbonyl (C=O) groups is 1. The molecule has 2 heterocycles. The maximum atomic E-state index is 12.5. The molecule has 1 aromatic carbocycles. The van der Waals surface area contributed by atoms with E-state index < -0.39 is 0 Å². The summed E-state index contributed by atoms with van der Waals surface area (Å²) < 4.78 is 12.2. The standard InChI is InChI=1S/C16H20ClN5O3.ClH/c1-24-14-8-12(15(25-2)7-11(14)17)19-16(23)13-9-22(21-20-13)10-3-5-18-6-4-10;/h7-10,18H,3-6H2,1-2H3,(H,19,23);1H. The van der Waals surface area contributed by atoms with Crippen molar-refractivity contribution in [3.05, 3.63) is 29.0 Å². The van der Waals surface area contributed by atoms with Gasteiger partial charge in [-0.25, -0.2) is 4.68 Å². The summed E-state index contributed by atoms with van der Waals surface area (Å²) in [6.07, 6.45) is 3.60. The lowest BCUT2D eigenvalue weighted by atomic mass is 10.1. The molecule has 0 atom stereocenters. The zero-order chi connectivity index (χ0) is 17.8. The van der Waals surface area contributed by atoms with Gasteiger partial charge in [-0.3, -0.25) is 4.79 Å². The minimum absolute atomic E-state index is 0. The third-order valence-corrected chi connectivity index (χ3v) is 4.44. The number of methoxy groups -OCH3 is 2. The van der Waals surface area contributed by atoms with Crippen molar-refractivity contribution in [2.45, 2.75) is 18.9 Å². The number of rotatable bonds is 5. The van der Waals surface area contributed by atoms with Crippen LogP contribution in [0.15, 0.2) is 18.3 Å². The molecule has 1 amide bonds. The average Bonchev–Trinajstić information content (AvgIpc) is 3.13. The largest absolute Gasteiger partial charge is 0.495 e. The average molecular weight is 402 g/mol. The SMILES string of the molecule is COc1cc(NC(=O)c2cn(C3CCNCC3)nn2)c(OC)cc1Cl.Cl. The molecule has 1 aliphatic heterocycles. The zero-order valence-corrected chi connectivity index (χ0v) is 16.1. The number of benzene rings is 1. The Bertz CT molecular complexity index is 762. The Kier molecular flexibility index (Phi) is 7.07. The second-order valence-electron chi connectivity index (χ2n) is 5.71. The molecule has 2 aromatic rings. The first kappa shape index (κ1) is 20.3. The Balaban J connectivity index is 0.00000243. The Hall–Kier alpha value is -2.03. The highest BCUT2D eigenvalue weighted by molar-refractivity contribution is 6.32. The van der Waals surface area contributed by atoms with Crippen LogP contribution in [0.3, 0.4) is 0 Å². The van der Waals surface area contributed by atoms with E-state index in [1.165, 1.54) is 14.2 Å². The summed E-state index contributed by atoms with van der Waals surface area (Å²) in [7, 11) is 3.01. The molecule has 26 heavy (non-hydrogen) atoms. The van der Waals surface area contributed by atoms with Crippen LogP contribution in [0.2, 0.25) is 5.02 Å². The molecule has 1 aromatic heterocycles. The fourth-order valence-electron chi connectivity index (χ4n) is 2.77. The van der Waals surface area contributed by atoms with Gasteiger partial charge in [-0.15, -0.1) is 17.5 Å². The summed E-state index contributed by atoms with van der Waals surface area (Å²) in [6.45, 7) is 1.88. The molecule has 0 unspecified atom stereocenters. The topological polar surface area (TPSA) is 90.3 Å². The van der Waals surface area contributed by atoms with Crippen LogP contribution in [0, 0.1) is 0 Å². The lowest BCUT2D eigenvalue weighted by Gasteiger charge is -2.22. The predicted octanol–water partition coefficient (Wildman–Crippen LogP) is 2.55. The Morgan fingerprint density at radius 2 is 1.96 bits per heavy atom. The van der Waals surface area contributed by atoms with Crippen LogP contribution >= 0.6 is 24.0 Å². The van der Waals surface area contributed by atoms with Gasteiger partial charge in [0.2, 0.25) is 0 Å². The third-order valence-electron chi connectivity index (χ3n) is 4.15. The fourth-order valence-corrected chi connectivity index (χ4v) is 3.01. The van der Waals surface area contributed by atoms with E-state index in [0.29, 0.717) is 22.2 Å². The molecular weight excluding hydrogens is 381 g/mol. The highest BCUT2D eigenvalue weighted by Gasteiger charge is 2.20. The van der Waals surface area contributed by atoms with Gasteiger partial charge in [-0.1, -0.05) is 16.8 Å². The molecule has 2 N–H and O–H groups in total. The maximum absolute atomic E-state index is 12.5. The number of hydrogen-bond donors (Lipinski definition) is 2. The van der Waals surface area contributed by atoms with Crippen LogP contribution in [0.5, 0.6) is 11.5 Å². The van der Waals surface area contributed by atoms with Crippen molar-refractivity contribution in [1.82, 2.24) is 20.3 Å². The summed E-state index contributed by atoms with van der Waals surface area (Å²) in [5, 5.41) is 14.5. The summed E-state index contributed by atoms with van der Waals surface area (Å²) in [5.41, 5.74) is 0.694. The first-order valence-corrected chi connectivity index (χ1v) is 8.35. The lowest BCUT2D eigenvalue weighted by Crippen LogP contribution is -2.29. The molecule has 0 bridgehead atoms. The van der Waals surface area contributed by atoms with E-state index in [9.17, 15) is 4.79 Å². The number of amides is 1. The monoisotopic (exact) mass is 401 g/mol. The van der Waals surface area contributed by atoms with Crippen LogP contribution < -0.4 is 20.1 Å². The summed E-state index contributed by atoms with van der Waals surface area (Å²) >= 11 is 6.07. The summed E-state index contributed by atoms with van der Waals surface area (Å²) in [4.78, 5) is 12.5. The number of nitrogens with zero attached hydrogens (tertiary/aromatic N) is 3. The molecule has 0 saturated carbocycles. The number of nitrogens with one attached hydrogen (secondary N) is 2. The van der Waals surface area contributed by atoms with Crippen molar-refractivity contribution < 1.29 is 14.3 Å². The van der Waals surface area contributed by atoms with Gasteiger partial charge in [-0.2, -0.15) is 0 Å². The molecule has 0 spiro atoms. The summed E-state index contributed by atoms with van der Waals surface area (Å²) in [6, 6.07) is 3.46. The molecule has 142 valence electrons. The van der Waals surface area contributed by atoms with Crippen molar-refractivity contribution in [1.29, 1.82) is 0 Å². The molecule has 0 aliphatic carbocycles. The van der Waals surface area contributed by atoms with Gasteiger partial charge in [-0.05, 0) is 25.9 Å². The highest BCUT2D eigenvalue weighted by Crippen LogP contribution is 2.36. The normalized spacial score (nSPS) is 14.4. The molecular formula is C16H21Cl2N5O3. The first-order valence-electron chi connectivity index (χ1n) is 7.97. The van der Waals surface area contributed by atoms with Crippen molar-refractivity contribution in [2.24, 2.45) is 0 Å². The van der Waals surface area contributed by atoms with Crippen LogP contribution in [0.1, 0.15) is 29.4 Å². The Labute approximate surface area is 162 Å². The molecule has 10 heteroatoms. The van der Waals surface area contributed by atoms with Crippen LogP contribution in [-0.2, 0) is 0 Å². The highest BCUT2D eigenvalue weighted by atomic mass is 35.5. The van der Waals surface area contributed by atoms with Gasteiger partial charge in [0.05, 0.1) is 37.2 Å². The van der Waals surface area contributed by atoms with Crippen LogP contribution in [0.25, 0.3) is 0 Å². The van der Waals surface area contributed by atoms with Gasteiger partial charge in [0.25, 0.3) is 5.91 Å². The summed E-state index contributed by atoms with van der Waals surface area (Å²) in [5.74, 6) is 0.504. The lowest BCUT2D eigenvalue weighted by molar-refractivity contribution is 0.102. The van der Waals surface area contributed by atoms with Gasteiger partial charge < -0.3 is 20.1 Å². The maximum Gasteiger partial charge on any atom is 0.277 e. The molecule has 3 rings (SSSR count). The molecule has 1 fully saturated rings. The quantitative estimate of drug-likeness (QED) is 0.799. The molecule has 1 aliphatic rings. The second kappa shape index (κ2) is 9.07. The van der Waals surface area contributed by atoms with E-state index in [-0.39, 0.29) is 30.0 Å². The number of aromatic nitrogens is 3. The predicted molar refractivity (Wildman–Crippen MR) is 101 cm³/mol. The Morgan fingerprint density at radius 3 is 2.62 bits per heavy atom. The number of ether oxygens (including phenoxy) is 2. The van der Waals surface area contributed by atoms with E-state index >= 15 is 0 Å². The van der Waals surface area contributed by atoms with Gasteiger partial charge in [0.15, 0.2) is 5.69 Å². The van der Waals surface area contributed by atoms with Gasteiger partial charge >= 0.3 is 0 Å². The van der Waals surface area contributed by atoms with E-state index in [0.717, 1.165) is 25.9 Å². The van der Waals surface area contributed by atoms with Crippen molar-refractivity contribution in [3.63, 3.8) is 0 Å². The van der Waals surface area contributed by atoms with Crippen molar-refractivity contribution >= 4 is 35.6 Å². The van der Waals surface area contributed by atoms with Crippen LogP contribution in [0.4, 0.5) is 5.69 Å². The number of anilines is 1. The number of hydrogen-bond acceptors (Lipinski definition) is 6. The van der Waals surface area contributed by atoms with E-state index in [2.05, 4.69) is 20.9 Å². The van der Waals surface area contributed by atoms with E-state index in [4.69, 9.17) is 21.1 Å². The van der Waals surface area contributed by atoms with Crippen molar-refractivity contribution in [3.8, 4) is 11.5 Å². The van der Waals surface area contributed by atoms with E-state index in [1.807, 2.05) is 0 Å². The minimum Gasteiger partial charge on any atom is -0.495 e. The third kappa shape index (κ3) is 4.38. The van der Waals surface area contributed by atoms with Gasteiger partial charge in [0, 0.05) is 12.1 Å².